The van der Waals surface area contributed by atoms with Crippen molar-refractivity contribution in [2.24, 2.45) is 5.92 Å². The Morgan fingerprint density at radius 2 is 2.25 bits per heavy atom. The van der Waals surface area contributed by atoms with E-state index in [1.165, 1.54) is 0 Å². The second kappa shape index (κ2) is 5.55. The van der Waals surface area contributed by atoms with E-state index in [0.29, 0.717) is 32.2 Å². The molecular weight excluding hydrogens is 206 g/mol. The Bertz CT molecular complexity index is 319. The molecule has 0 bridgehead atoms. The zero-order valence-corrected chi connectivity index (χ0v) is 9.48. The van der Waals surface area contributed by atoms with Gasteiger partial charge in [-0.25, -0.2) is 0 Å². The molecule has 0 radical (unpaired) electrons. The van der Waals surface area contributed by atoms with E-state index in [4.69, 9.17) is 11.5 Å². The third kappa shape index (κ3) is 2.99. The molecule has 1 saturated heterocycles. The molecule has 0 saturated carbocycles. The fourth-order valence-electron chi connectivity index (χ4n) is 2.09. The van der Waals surface area contributed by atoms with Gasteiger partial charge in [-0.1, -0.05) is 0 Å². The number of carbonyl (C=O) groups is 2. The molecule has 4 nitrogen and oxygen atoms in total. The highest BCUT2D eigenvalue weighted by Gasteiger charge is 2.31. The van der Waals surface area contributed by atoms with Crippen molar-refractivity contribution in [1.29, 1.82) is 0 Å². The van der Waals surface area contributed by atoms with Crippen molar-refractivity contribution < 1.29 is 14.7 Å². The van der Waals surface area contributed by atoms with Gasteiger partial charge in [0.2, 0.25) is 5.91 Å². The molecule has 1 fully saturated rings. The van der Waals surface area contributed by atoms with E-state index in [0.717, 1.165) is 0 Å². The molecule has 0 aromatic heterocycles. The number of likely N-dealkylation sites (tertiary alicyclic amines) is 1. The molecule has 1 rings (SSSR count). The predicted octanol–water partition coefficient (Wildman–Crippen LogP) is 1.11. The number of carboxylic acid groups (broad SMARTS) is 1. The largest absolute Gasteiger partial charge is 0.481 e. The first kappa shape index (κ1) is 12.6. The summed E-state index contributed by atoms with van der Waals surface area (Å²) in [5.74, 6) is 1.40. The molecule has 2 unspecified atom stereocenters. The van der Waals surface area contributed by atoms with Crippen LogP contribution >= 0.6 is 0 Å². The number of hydrogen-bond acceptors (Lipinski definition) is 2. The van der Waals surface area contributed by atoms with Gasteiger partial charge in [0, 0.05) is 25.4 Å². The van der Waals surface area contributed by atoms with Gasteiger partial charge in [0.1, 0.15) is 0 Å². The first-order valence-corrected chi connectivity index (χ1v) is 5.52. The Kier molecular flexibility index (Phi) is 4.36. The molecule has 1 heterocycles. The summed E-state index contributed by atoms with van der Waals surface area (Å²) in [6, 6.07) is 0.000115. The van der Waals surface area contributed by atoms with Crippen LogP contribution < -0.4 is 0 Å². The second-order valence-corrected chi connectivity index (χ2v) is 4.20. The van der Waals surface area contributed by atoms with Gasteiger partial charge >= 0.3 is 5.97 Å². The molecule has 1 aliphatic heterocycles. The highest BCUT2D eigenvalue weighted by molar-refractivity contribution is 5.77. The van der Waals surface area contributed by atoms with Crippen molar-refractivity contribution in [3.8, 4) is 12.3 Å². The van der Waals surface area contributed by atoms with Gasteiger partial charge in [0.05, 0.1) is 5.92 Å². The Balaban J connectivity index is 2.50. The van der Waals surface area contributed by atoms with Gasteiger partial charge in [0.15, 0.2) is 0 Å². The van der Waals surface area contributed by atoms with Gasteiger partial charge in [0.25, 0.3) is 0 Å². The predicted molar refractivity (Wildman–Crippen MR) is 59.6 cm³/mol. The van der Waals surface area contributed by atoms with Crippen LogP contribution in [0, 0.1) is 18.3 Å². The monoisotopic (exact) mass is 223 g/mol. The SMILES string of the molecule is C#CCCC(=O)N1CCC(C(=O)O)CC1C. The van der Waals surface area contributed by atoms with Crippen molar-refractivity contribution in [2.45, 2.75) is 38.6 Å². The van der Waals surface area contributed by atoms with E-state index in [2.05, 4.69) is 5.92 Å². The minimum absolute atomic E-state index is 0.000115. The molecule has 16 heavy (non-hydrogen) atoms. The van der Waals surface area contributed by atoms with Crippen LogP contribution in [0.15, 0.2) is 0 Å². The van der Waals surface area contributed by atoms with Crippen LogP contribution in [0.25, 0.3) is 0 Å². The van der Waals surface area contributed by atoms with Crippen molar-refractivity contribution in [3.63, 3.8) is 0 Å². The van der Waals surface area contributed by atoms with Gasteiger partial charge in [-0.2, -0.15) is 0 Å². The fourth-order valence-corrected chi connectivity index (χ4v) is 2.09. The molecule has 88 valence electrons. The molecule has 0 spiro atoms. The van der Waals surface area contributed by atoms with Crippen molar-refractivity contribution in [1.82, 2.24) is 4.90 Å². The molecule has 0 aromatic carbocycles. The third-order valence-electron chi connectivity index (χ3n) is 3.03. The van der Waals surface area contributed by atoms with Crippen LogP contribution in [0.2, 0.25) is 0 Å². The molecule has 2 atom stereocenters. The lowest BCUT2D eigenvalue weighted by atomic mass is 9.91. The van der Waals surface area contributed by atoms with Crippen LogP contribution in [0.1, 0.15) is 32.6 Å². The lowest BCUT2D eigenvalue weighted by Crippen LogP contribution is -2.45. The van der Waals surface area contributed by atoms with E-state index in [9.17, 15) is 9.59 Å². The highest BCUT2D eigenvalue weighted by Crippen LogP contribution is 2.23. The van der Waals surface area contributed by atoms with E-state index in [1.807, 2.05) is 6.92 Å². The van der Waals surface area contributed by atoms with Crippen LogP contribution in [0.5, 0.6) is 0 Å². The standard InChI is InChI=1S/C12H17NO3/c1-3-4-5-11(14)13-7-6-10(12(15)16)8-9(13)2/h1,9-10H,4-8H2,2H3,(H,15,16). The average Bonchev–Trinajstić information content (AvgIpc) is 2.25. The van der Waals surface area contributed by atoms with E-state index in [-0.39, 0.29) is 17.9 Å². The van der Waals surface area contributed by atoms with Gasteiger partial charge in [-0.3, -0.25) is 9.59 Å². The maximum Gasteiger partial charge on any atom is 0.306 e. The third-order valence-corrected chi connectivity index (χ3v) is 3.03. The van der Waals surface area contributed by atoms with Gasteiger partial charge in [-0.15, -0.1) is 12.3 Å². The normalized spacial score (nSPS) is 24.9. The number of hydrogen-bond donors (Lipinski definition) is 1. The molecule has 4 heteroatoms. The first-order chi connectivity index (χ1) is 7.56. The number of carbonyl (C=O) groups excluding carboxylic acids is 1. The van der Waals surface area contributed by atoms with Gasteiger partial charge < -0.3 is 10.0 Å². The fraction of sp³-hybridized carbons (Fsp3) is 0.667. The van der Waals surface area contributed by atoms with Crippen molar-refractivity contribution in [2.75, 3.05) is 6.54 Å². The Labute approximate surface area is 95.6 Å². The summed E-state index contributed by atoms with van der Waals surface area (Å²) >= 11 is 0. The van der Waals surface area contributed by atoms with E-state index in [1.54, 1.807) is 4.90 Å². The van der Waals surface area contributed by atoms with Crippen LogP contribution in [0.3, 0.4) is 0 Å². The van der Waals surface area contributed by atoms with E-state index >= 15 is 0 Å². The molecular formula is C12H17NO3. The molecule has 0 aliphatic carbocycles. The van der Waals surface area contributed by atoms with Crippen LogP contribution in [0.4, 0.5) is 0 Å². The first-order valence-electron chi connectivity index (χ1n) is 5.52. The lowest BCUT2D eigenvalue weighted by molar-refractivity contribution is -0.147. The summed E-state index contributed by atoms with van der Waals surface area (Å²) in [6.07, 6.45) is 6.99. The number of aliphatic carboxylic acids is 1. The number of rotatable bonds is 3. The molecule has 1 aliphatic rings. The maximum absolute atomic E-state index is 11.7. The Morgan fingerprint density at radius 1 is 1.56 bits per heavy atom. The molecule has 1 amide bonds. The van der Waals surface area contributed by atoms with E-state index < -0.39 is 5.97 Å². The minimum atomic E-state index is -0.762. The minimum Gasteiger partial charge on any atom is -0.481 e. The van der Waals surface area contributed by atoms with Crippen molar-refractivity contribution >= 4 is 11.9 Å². The smallest absolute Gasteiger partial charge is 0.306 e. The van der Waals surface area contributed by atoms with Gasteiger partial charge in [-0.05, 0) is 19.8 Å². The summed E-state index contributed by atoms with van der Waals surface area (Å²) in [5.41, 5.74) is 0. The quantitative estimate of drug-likeness (QED) is 0.729. The molecule has 1 N–H and O–H groups in total. The lowest BCUT2D eigenvalue weighted by Gasteiger charge is -2.36. The van der Waals surface area contributed by atoms with Crippen LogP contribution in [-0.4, -0.2) is 34.5 Å². The summed E-state index contributed by atoms with van der Waals surface area (Å²) < 4.78 is 0. The highest BCUT2D eigenvalue weighted by atomic mass is 16.4. The Hall–Kier alpha value is -1.50. The summed E-state index contributed by atoms with van der Waals surface area (Å²) in [5, 5.41) is 8.89. The molecule has 0 aromatic rings. The summed E-state index contributed by atoms with van der Waals surface area (Å²) in [6.45, 7) is 2.42. The average molecular weight is 223 g/mol. The zero-order chi connectivity index (χ0) is 12.1. The second-order valence-electron chi connectivity index (χ2n) is 4.20. The Morgan fingerprint density at radius 3 is 2.75 bits per heavy atom. The number of terminal acetylenes is 1. The number of amides is 1. The summed E-state index contributed by atoms with van der Waals surface area (Å²) in [4.78, 5) is 24.3. The number of piperidine rings is 1. The number of nitrogens with zero attached hydrogens (tertiary/aromatic N) is 1. The summed E-state index contributed by atoms with van der Waals surface area (Å²) in [7, 11) is 0. The topological polar surface area (TPSA) is 57.6 Å². The van der Waals surface area contributed by atoms with Crippen LogP contribution in [-0.2, 0) is 9.59 Å². The van der Waals surface area contributed by atoms with Crippen molar-refractivity contribution in [3.05, 3.63) is 0 Å². The zero-order valence-electron chi connectivity index (χ0n) is 9.48. The number of carboxylic acids is 1. The maximum atomic E-state index is 11.7.